The molecule has 9 nitrogen and oxygen atoms in total. The topological polar surface area (TPSA) is 116 Å². The summed E-state index contributed by atoms with van der Waals surface area (Å²) < 4.78 is 11.6. The first-order valence-corrected chi connectivity index (χ1v) is 7.59. The molecule has 25 heavy (non-hydrogen) atoms. The third-order valence-electron chi connectivity index (χ3n) is 3.40. The van der Waals surface area contributed by atoms with E-state index in [1.54, 1.807) is 20.3 Å². The third kappa shape index (κ3) is 5.79. The Kier molecular flexibility index (Phi) is 6.33. The van der Waals surface area contributed by atoms with Crippen LogP contribution in [0, 0.1) is 0 Å². The van der Waals surface area contributed by atoms with Gasteiger partial charge in [0.15, 0.2) is 0 Å². The van der Waals surface area contributed by atoms with Crippen molar-refractivity contribution in [1.29, 1.82) is 0 Å². The maximum Gasteiger partial charge on any atom is 0.325 e. The number of methoxy groups -OCH3 is 2. The number of carbonyl (C=O) groups excluding carboxylic acids is 1. The minimum atomic E-state index is -1.01. The second-order valence-corrected chi connectivity index (χ2v) is 5.30. The van der Waals surface area contributed by atoms with Gasteiger partial charge in [0.1, 0.15) is 23.7 Å². The van der Waals surface area contributed by atoms with E-state index in [1.807, 2.05) is 12.1 Å². The Morgan fingerprint density at radius 1 is 1.20 bits per heavy atom. The molecule has 0 spiro atoms. The number of carbonyl (C=O) groups is 2. The summed E-state index contributed by atoms with van der Waals surface area (Å²) in [5, 5.41) is 18.9. The Hall–Kier alpha value is -3.10. The number of ether oxygens (including phenoxy) is 2. The molecule has 0 fully saturated rings. The molecule has 0 saturated heterocycles. The van der Waals surface area contributed by atoms with E-state index >= 15 is 0 Å². The van der Waals surface area contributed by atoms with Gasteiger partial charge in [0.25, 0.3) is 0 Å². The van der Waals surface area contributed by atoms with Crippen LogP contribution >= 0.6 is 0 Å². The van der Waals surface area contributed by atoms with Crippen molar-refractivity contribution in [3.8, 4) is 11.5 Å². The molecule has 2 aromatic rings. The molecule has 1 aromatic carbocycles. The molecule has 134 valence electrons. The molecule has 1 amide bonds. The number of aryl methyl sites for hydroxylation is 1. The number of aliphatic carboxylic acids is 1. The van der Waals surface area contributed by atoms with Crippen molar-refractivity contribution in [1.82, 2.24) is 20.3 Å². The van der Waals surface area contributed by atoms with Crippen molar-refractivity contribution in [2.75, 3.05) is 14.2 Å². The number of nitrogens with one attached hydrogen (secondary N) is 1. The van der Waals surface area contributed by atoms with Gasteiger partial charge in [-0.1, -0.05) is 5.21 Å². The van der Waals surface area contributed by atoms with Crippen molar-refractivity contribution in [2.24, 2.45) is 0 Å². The zero-order chi connectivity index (χ0) is 18.2. The smallest absolute Gasteiger partial charge is 0.325 e. The lowest BCUT2D eigenvalue weighted by Gasteiger charge is -2.08. The van der Waals surface area contributed by atoms with Gasteiger partial charge in [-0.05, 0) is 24.1 Å². The number of carboxylic acid groups (broad SMARTS) is 1. The standard InChI is InChI=1S/C16H20N4O5/c1-24-13-5-11(6-14(7-13)25-2)3-4-15(21)17-8-12-9-20(19-18-12)10-16(22)23/h5-7,9H,3-4,8,10H2,1-2H3,(H,17,21)(H,22,23). The molecule has 2 N–H and O–H groups in total. The highest BCUT2D eigenvalue weighted by molar-refractivity contribution is 5.76. The Bertz CT molecular complexity index is 722. The largest absolute Gasteiger partial charge is 0.497 e. The number of hydrogen-bond acceptors (Lipinski definition) is 6. The summed E-state index contributed by atoms with van der Waals surface area (Å²) in [6, 6.07) is 5.48. The fourth-order valence-corrected chi connectivity index (χ4v) is 2.18. The SMILES string of the molecule is COc1cc(CCC(=O)NCc2cn(CC(=O)O)nn2)cc(OC)c1. The molecular weight excluding hydrogens is 328 g/mol. The highest BCUT2D eigenvalue weighted by atomic mass is 16.5. The van der Waals surface area contributed by atoms with Crippen LogP contribution in [0.4, 0.5) is 0 Å². The summed E-state index contributed by atoms with van der Waals surface area (Å²) in [6.07, 6.45) is 2.31. The van der Waals surface area contributed by atoms with Gasteiger partial charge < -0.3 is 19.9 Å². The van der Waals surface area contributed by atoms with Crippen LogP contribution in [0.5, 0.6) is 11.5 Å². The molecule has 0 aliphatic rings. The predicted octanol–water partition coefficient (Wildman–Crippen LogP) is 0.629. The molecule has 1 heterocycles. The Morgan fingerprint density at radius 3 is 2.48 bits per heavy atom. The molecular formula is C16H20N4O5. The van der Waals surface area contributed by atoms with Crippen LogP contribution in [0.1, 0.15) is 17.7 Å². The van der Waals surface area contributed by atoms with E-state index < -0.39 is 5.97 Å². The van der Waals surface area contributed by atoms with E-state index in [2.05, 4.69) is 15.6 Å². The highest BCUT2D eigenvalue weighted by Crippen LogP contribution is 2.23. The maximum absolute atomic E-state index is 12.0. The monoisotopic (exact) mass is 348 g/mol. The average molecular weight is 348 g/mol. The fourth-order valence-electron chi connectivity index (χ4n) is 2.18. The van der Waals surface area contributed by atoms with E-state index in [9.17, 15) is 9.59 Å². The fraction of sp³-hybridized carbons (Fsp3) is 0.375. The van der Waals surface area contributed by atoms with Gasteiger partial charge in [-0.3, -0.25) is 9.59 Å². The first-order valence-electron chi connectivity index (χ1n) is 7.59. The number of rotatable bonds is 9. The minimum absolute atomic E-state index is 0.144. The summed E-state index contributed by atoms with van der Waals surface area (Å²) in [5.41, 5.74) is 1.43. The first-order chi connectivity index (χ1) is 12.0. The Balaban J connectivity index is 1.82. The van der Waals surface area contributed by atoms with Crippen LogP contribution in [0.2, 0.25) is 0 Å². The average Bonchev–Trinajstić information content (AvgIpc) is 3.04. The molecule has 1 aromatic heterocycles. The van der Waals surface area contributed by atoms with E-state index in [1.165, 1.54) is 10.9 Å². The summed E-state index contributed by atoms with van der Waals surface area (Å²) in [6.45, 7) is -0.0709. The molecule has 9 heteroatoms. The summed E-state index contributed by atoms with van der Waals surface area (Å²) in [5.74, 6) is 0.193. The van der Waals surface area contributed by atoms with Crippen molar-refractivity contribution in [2.45, 2.75) is 25.9 Å². The van der Waals surface area contributed by atoms with Gasteiger partial charge in [-0.2, -0.15) is 0 Å². The van der Waals surface area contributed by atoms with E-state index in [4.69, 9.17) is 14.6 Å². The van der Waals surface area contributed by atoms with Crippen LogP contribution < -0.4 is 14.8 Å². The minimum Gasteiger partial charge on any atom is -0.497 e. The van der Waals surface area contributed by atoms with Crippen molar-refractivity contribution >= 4 is 11.9 Å². The molecule has 0 aliphatic heterocycles. The lowest BCUT2D eigenvalue weighted by molar-refractivity contribution is -0.138. The van der Waals surface area contributed by atoms with E-state index in [-0.39, 0.29) is 19.0 Å². The zero-order valence-corrected chi connectivity index (χ0v) is 14.1. The molecule has 0 aliphatic carbocycles. The van der Waals surface area contributed by atoms with E-state index in [0.29, 0.717) is 30.0 Å². The second kappa shape index (κ2) is 8.67. The highest BCUT2D eigenvalue weighted by Gasteiger charge is 2.08. The number of nitrogens with zero attached hydrogens (tertiary/aromatic N) is 3. The predicted molar refractivity (Wildman–Crippen MR) is 87.4 cm³/mol. The number of aromatic nitrogens is 3. The molecule has 0 radical (unpaired) electrons. The molecule has 0 unspecified atom stereocenters. The molecule has 0 saturated carbocycles. The molecule has 2 rings (SSSR count). The normalized spacial score (nSPS) is 10.3. The third-order valence-corrected chi connectivity index (χ3v) is 3.40. The van der Waals surface area contributed by atoms with Gasteiger partial charge in [-0.25, -0.2) is 4.68 Å². The zero-order valence-electron chi connectivity index (χ0n) is 14.1. The van der Waals surface area contributed by atoms with Gasteiger partial charge in [0, 0.05) is 12.5 Å². The lowest BCUT2D eigenvalue weighted by Crippen LogP contribution is -2.23. The Morgan fingerprint density at radius 2 is 1.88 bits per heavy atom. The van der Waals surface area contributed by atoms with Crippen molar-refractivity contribution < 1.29 is 24.2 Å². The summed E-state index contributed by atoms with van der Waals surface area (Å²) in [7, 11) is 3.14. The van der Waals surface area contributed by atoms with Crippen molar-refractivity contribution in [3.63, 3.8) is 0 Å². The summed E-state index contributed by atoms with van der Waals surface area (Å²) >= 11 is 0. The van der Waals surface area contributed by atoms with Crippen LogP contribution in [-0.2, 0) is 29.1 Å². The first kappa shape index (κ1) is 18.2. The number of benzene rings is 1. The van der Waals surface area contributed by atoms with Gasteiger partial charge in [0.05, 0.1) is 27.0 Å². The second-order valence-electron chi connectivity index (χ2n) is 5.30. The molecule has 0 bridgehead atoms. The van der Waals surface area contributed by atoms with Gasteiger partial charge in [0.2, 0.25) is 5.91 Å². The number of carboxylic acids is 1. The number of amides is 1. The van der Waals surface area contributed by atoms with Crippen LogP contribution in [0.3, 0.4) is 0 Å². The van der Waals surface area contributed by atoms with Crippen LogP contribution in [0.15, 0.2) is 24.4 Å². The van der Waals surface area contributed by atoms with Gasteiger partial charge in [-0.15, -0.1) is 5.10 Å². The molecule has 0 atom stereocenters. The van der Waals surface area contributed by atoms with E-state index in [0.717, 1.165) is 5.56 Å². The maximum atomic E-state index is 12.0. The Labute approximate surface area is 144 Å². The van der Waals surface area contributed by atoms with Gasteiger partial charge >= 0.3 is 5.97 Å². The lowest BCUT2D eigenvalue weighted by atomic mass is 10.1. The number of hydrogen-bond donors (Lipinski definition) is 2. The van der Waals surface area contributed by atoms with Crippen LogP contribution in [0.25, 0.3) is 0 Å². The summed E-state index contributed by atoms with van der Waals surface area (Å²) in [4.78, 5) is 22.5. The van der Waals surface area contributed by atoms with Crippen molar-refractivity contribution in [3.05, 3.63) is 35.7 Å². The van der Waals surface area contributed by atoms with Crippen LogP contribution in [-0.4, -0.2) is 46.2 Å². The quantitative estimate of drug-likeness (QED) is 0.683.